The second-order valence-corrected chi connectivity index (χ2v) is 7.92. The van der Waals surface area contributed by atoms with Gasteiger partial charge in [0.15, 0.2) is 5.78 Å². The minimum atomic E-state index is -0.220. The summed E-state index contributed by atoms with van der Waals surface area (Å²) < 4.78 is 0. The Kier molecular flexibility index (Phi) is 5.52. The van der Waals surface area contributed by atoms with Crippen molar-refractivity contribution in [1.29, 1.82) is 0 Å². The number of carbonyl (C=O) groups excluding carboxylic acids is 3. The van der Waals surface area contributed by atoms with Gasteiger partial charge in [0.05, 0.1) is 11.4 Å². The largest absolute Gasteiger partial charge is 0.324 e. The van der Waals surface area contributed by atoms with Crippen LogP contribution in [-0.2, 0) is 9.59 Å². The van der Waals surface area contributed by atoms with Crippen LogP contribution >= 0.6 is 11.3 Å². The van der Waals surface area contributed by atoms with Gasteiger partial charge in [0.25, 0.3) is 0 Å². The van der Waals surface area contributed by atoms with E-state index in [9.17, 15) is 14.4 Å². The monoisotopic (exact) mass is 370 g/mol. The summed E-state index contributed by atoms with van der Waals surface area (Å²) >= 11 is 1.59. The van der Waals surface area contributed by atoms with Gasteiger partial charge in [0, 0.05) is 41.1 Å². The van der Waals surface area contributed by atoms with Gasteiger partial charge in [-0.2, -0.15) is 0 Å². The van der Waals surface area contributed by atoms with Crippen LogP contribution in [0.15, 0.2) is 30.3 Å². The summed E-state index contributed by atoms with van der Waals surface area (Å²) in [5.41, 5.74) is 2.05. The maximum absolute atomic E-state index is 12.3. The van der Waals surface area contributed by atoms with E-state index in [0.717, 1.165) is 21.9 Å². The molecule has 2 amide bonds. The standard InChI is InChI=1S/C20H22N2O3S/c1-13-12-15(14(2)26-13)18(23)9-10-19(24)21-16-6-3-4-7-17(16)22-11-5-8-20(22)25/h3-4,6-7,12H,5,8-11H2,1-2H3,(H,21,24). The van der Waals surface area contributed by atoms with E-state index in [1.807, 2.05) is 38.1 Å². The molecule has 0 atom stereocenters. The molecular formula is C20H22N2O3S. The van der Waals surface area contributed by atoms with Crippen molar-refractivity contribution in [3.8, 4) is 0 Å². The van der Waals surface area contributed by atoms with Crippen molar-refractivity contribution in [2.75, 3.05) is 16.8 Å². The number of benzene rings is 1. The number of thiophene rings is 1. The van der Waals surface area contributed by atoms with Crippen LogP contribution in [0.3, 0.4) is 0 Å². The van der Waals surface area contributed by atoms with Gasteiger partial charge in [-0.15, -0.1) is 11.3 Å². The molecular weight excluding hydrogens is 348 g/mol. The molecule has 1 N–H and O–H groups in total. The van der Waals surface area contributed by atoms with Crippen molar-refractivity contribution in [2.24, 2.45) is 0 Å². The zero-order chi connectivity index (χ0) is 18.7. The van der Waals surface area contributed by atoms with E-state index in [-0.39, 0.29) is 30.4 Å². The van der Waals surface area contributed by atoms with Crippen LogP contribution in [0, 0.1) is 13.8 Å². The first-order valence-electron chi connectivity index (χ1n) is 8.75. The van der Waals surface area contributed by atoms with Crippen molar-refractivity contribution in [3.63, 3.8) is 0 Å². The maximum Gasteiger partial charge on any atom is 0.227 e. The average Bonchev–Trinajstić information content (AvgIpc) is 3.18. The Balaban J connectivity index is 1.63. The van der Waals surface area contributed by atoms with Gasteiger partial charge in [0.1, 0.15) is 0 Å². The van der Waals surface area contributed by atoms with Crippen molar-refractivity contribution >= 4 is 40.3 Å². The molecule has 3 rings (SSSR count). The normalized spacial score (nSPS) is 13.9. The molecule has 0 bridgehead atoms. The SMILES string of the molecule is Cc1cc(C(=O)CCC(=O)Nc2ccccc2N2CCCC2=O)c(C)s1. The van der Waals surface area contributed by atoms with E-state index in [4.69, 9.17) is 0 Å². The van der Waals surface area contributed by atoms with Gasteiger partial charge in [-0.1, -0.05) is 12.1 Å². The number of nitrogens with zero attached hydrogens (tertiary/aromatic N) is 1. The van der Waals surface area contributed by atoms with Crippen LogP contribution < -0.4 is 10.2 Å². The third kappa shape index (κ3) is 4.02. The number of ketones is 1. The Morgan fingerprint density at radius 1 is 1.19 bits per heavy atom. The summed E-state index contributed by atoms with van der Waals surface area (Å²) in [6.45, 7) is 4.56. The number of amides is 2. The number of rotatable bonds is 6. The van der Waals surface area contributed by atoms with Crippen molar-refractivity contribution < 1.29 is 14.4 Å². The molecule has 26 heavy (non-hydrogen) atoms. The fraction of sp³-hybridized carbons (Fsp3) is 0.350. The molecule has 1 aromatic heterocycles. The Labute approximate surface area is 157 Å². The Bertz CT molecular complexity index is 856. The molecule has 2 aromatic rings. The molecule has 0 radical (unpaired) electrons. The summed E-state index contributed by atoms with van der Waals surface area (Å²) in [6.07, 6.45) is 1.66. The highest BCUT2D eigenvalue weighted by Gasteiger charge is 2.24. The van der Waals surface area contributed by atoms with E-state index < -0.39 is 0 Å². The fourth-order valence-electron chi connectivity index (χ4n) is 3.20. The lowest BCUT2D eigenvalue weighted by Crippen LogP contribution is -2.25. The van der Waals surface area contributed by atoms with Crippen molar-refractivity contribution in [2.45, 2.75) is 39.5 Å². The van der Waals surface area contributed by atoms with Crippen molar-refractivity contribution in [1.82, 2.24) is 0 Å². The van der Waals surface area contributed by atoms with Gasteiger partial charge in [-0.3, -0.25) is 14.4 Å². The van der Waals surface area contributed by atoms with Crippen LogP contribution in [0.2, 0.25) is 0 Å². The highest BCUT2D eigenvalue weighted by Crippen LogP contribution is 2.29. The van der Waals surface area contributed by atoms with Gasteiger partial charge in [0.2, 0.25) is 11.8 Å². The molecule has 0 aliphatic carbocycles. The van der Waals surface area contributed by atoms with Gasteiger partial charge in [-0.25, -0.2) is 0 Å². The molecule has 1 aliphatic rings. The lowest BCUT2D eigenvalue weighted by atomic mass is 10.1. The fourth-order valence-corrected chi connectivity index (χ4v) is 4.14. The molecule has 5 nitrogen and oxygen atoms in total. The zero-order valence-corrected chi connectivity index (χ0v) is 15.8. The summed E-state index contributed by atoms with van der Waals surface area (Å²) in [7, 11) is 0. The zero-order valence-electron chi connectivity index (χ0n) is 15.0. The second kappa shape index (κ2) is 7.83. The predicted octanol–water partition coefficient (Wildman–Crippen LogP) is 4.09. The molecule has 1 saturated heterocycles. The average molecular weight is 370 g/mol. The highest BCUT2D eigenvalue weighted by atomic mass is 32.1. The third-order valence-electron chi connectivity index (χ3n) is 4.46. The van der Waals surface area contributed by atoms with Crippen molar-refractivity contribution in [3.05, 3.63) is 45.6 Å². The number of anilines is 2. The number of aryl methyl sites for hydroxylation is 2. The van der Waals surface area contributed by atoms with E-state index in [1.165, 1.54) is 0 Å². The third-order valence-corrected chi connectivity index (χ3v) is 5.43. The topological polar surface area (TPSA) is 66.5 Å². The lowest BCUT2D eigenvalue weighted by Gasteiger charge is -2.19. The van der Waals surface area contributed by atoms with E-state index in [1.54, 1.807) is 22.3 Å². The Morgan fingerprint density at radius 3 is 2.62 bits per heavy atom. The first-order chi connectivity index (χ1) is 12.5. The van der Waals surface area contributed by atoms with E-state index in [0.29, 0.717) is 24.2 Å². The number of nitrogens with one attached hydrogen (secondary N) is 1. The Hall–Kier alpha value is -2.47. The first kappa shape index (κ1) is 18.3. The lowest BCUT2D eigenvalue weighted by molar-refractivity contribution is -0.117. The Morgan fingerprint density at radius 2 is 1.96 bits per heavy atom. The minimum Gasteiger partial charge on any atom is -0.324 e. The van der Waals surface area contributed by atoms with Crippen LogP contribution in [0.25, 0.3) is 0 Å². The number of hydrogen-bond donors (Lipinski definition) is 1. The molecule has 1 aromatic carbocycles. The van der Waals surface area contributed by atoms with Crippen LogP contribution in [-0.4, -0.2) is 24.1 Å². The summed E-state index contributed by atoms with van der Waals surface area (Å²) in [4.78, 5) is 40.4. The van der Waals surface area contributed by atoms with Gasteiger partial charge < -0.3 is 10.2 Å². The molecule has 0 unspecified atom stereocenters. The minimum absolute atomic E-state index is 0.00925. The molecule has 1 aliphatic heterocycles. The van der Waals surface area contributed by atoms with E-state index in [2.05, 4.69) is 5.32 Å². The number of hydrogen-bond acceptors (Lipinski definition) is 4. The number of Topliss-reactive ketones (excluding diaryl/α,β-unsaturated/α-hetero) is 1. The molecule has 1 fully saturated rings. The summed E-state index contributed by atoms with van der Waals surface area (Å²) in [5.74, 6) is -0.155. The molecule has 0 spiro atoms. The first-order valence-corrected chi connectivity index (χ1v) is 9.57. The van der Waals surface area contributed by atoms with Gasteiger partial charge >= 0.3 is 0 Å². The second-order valence-electron chi connectivity index (χ2n) is 6.46. The summed E-state index contributed by atoms with van der Waals surface area (Å²) in [5, 5.41) is 2.85. The molecule has 136 valence electrons. The van der Waals surface area contributed by atoms with E-state index >= 15 is 0 Å². The predicted molar refractivity (Wildman–Crippen MR) is 104 cm³/mol. The molecule has 0 saturated carbocycles. The quantitative estimate of drug-likeness (QED) is 0.779. The van der Waals surface area contributed by atoms with Crippen LogP contribution in [0.4, 0.5) is 11.4 Å². The molecule has 6 heteroatoms. The highest BCUT2D eigenvalue weighted by molar-refractivity contribution is 7.12. The smallest absolute Gasteiger partial charge is 0.227 e. The molecule has 2 heterocycles. The summed E-state index contributed by atoms with van der Waals surface area (Å²) in [6, 6.07) is 9.17. The number of carbonyl (C=O) groups is 3. The maximum atomic E-state index is 12.3. The van der Waals surface area contributed by atoms with Crippen LogP contribution in [0.5, 0.6) is 0 Å². The number of para-hydroxylation sites is 2. The van der Waals surface area contributed by atoms with Crippen LogP contribution in [0.1, 0.15) is 45.8 Å². The van der Waals surface area contributed by atoms with Gasteiger partial charge in [-0.05, 0) is 38.5 Å².